The monoisotopic (exact) mass is 412 g/mol. The number of hydrogen-bond acceptors (Lipinski definition) is 6. The van der Waals surface area contributed by atoms with Gasteiger partial charge >= 0.3 is 0 Å². The Morgan fingerprint density at radius 3 is 2.68 bits per heavy atom. The summed E-state index contributed by atoms with van der Waals surface area (Å²) in [5.74, 6) is 0.818. The van der Waals surface area contributed by atoms with Gasteiger partial charge in [-0.3, -0.25) is 19.9 Å². The number of fused-ring (bicyclic) bond motifs is 1. The van der Waals surface area contributed by atoms with Crippen LogP contribution in [0, 0.1) is 0 Å². The summed E-state index contributed by atoms with van der Waals surface area (Å²) in [5.41, 5.74) is 5.04. The fraction of sp³-hybridized carbons (Fsp3) is 0.240. The van der Waals surface area contributed by atoms with Crippen LogP contribution in [0.1, 0.15) is 17.4 Å². The molecule has 156 valence electrons. The minimum atomic E-state index is -0.132. The number of hydrogen-bond donors (Lipinski definition) is 0. The summed E-state index contributed by atoms with van der Waals surface area (Å²) in [7, 11) is 1.67. The number of ether oxygens (including phenoxy) is 2. The minimum absolute atomic E-state index is 0.132. The number of para-hydroxylation sites is 1. The van der Waals surface area contributed by atoms with E-state index >= 15 is 0 Å². The molecule has 1 atom stereocenters. The first kappa shape index (κ1) is 19.6. The average Bonchev–Trinajstić information content (AvgIpc) is 2.84. The van der Waals surface area contributed by atoms with Gasteiger partial charge < -0.3 is 9.47 Å². The molecule has 0 aliphatic carbocycles. The fourth-order valence-corrected chi connectivity index (χ4v) is 4.10. The highest BCUT2D eigenvalue weighted by Crippen LogP contribution is 2.30. The quantitative estimate of drug-likeness (QED) is 0.488. The molecule has 1 saturated heterocycles. The van der Waals surface area contributed by atoms with Crippen LogP contribution >= 0.6 is 0 Å². The molecule has 1 aliphatic rings. The summed E-state index contributed by atoms with van der Waals surface area (Å²) < 4.78 is 11.4. The molecule has 0 spiro atoms. The maximum Gasteiger partial charge on any atom is 0.118 e. The minimum Gasteiger partial charge on any atom is -0.497 e. The first-order chi connectivity index (χ1) is 15.3. The highest BCUT2D eigenvalue weighted by molar-refractivity contribution is 5.81. The summed E-state index contributed by atoms with van der Waals surface area (Å²) in [6, 6.07) is 18.3. The van der Waals surface area contributed by atoms with Gasteiger partial charge in [0.25, 0.3) is 0 Å². The molecule has 6 heteroatoms. The predicted molar refractivity (Wildman–Crippen MR) is 120 cm³/mol. The van der Waals surface area contributed by atoms with E-state index in [1.165, 1.54) is 10.9 Å². The standard InChI is InChI=1S/C25H24N4O2/c1-30-20-8-6-18(7-9-20)24-25(28-13-12-27-24)23-17-29(14-15-31-23)16-19-10-11-26-22-5-3-2-4-21(19)22/h2-13,23H,14-17H2,1H3. The van der Waals surface area contributed by atoms with E-state index in [1.807, 2.05) is 36.5 Å². The number of rotatable bonds is 5. The number of aromatic nitrogens is 3. The summed E-state index contributed by atoms with van der Waals surface area (Å²) in [5, 5.41) is 1.20. The second-order valence-corrected chi connectivity index (χ2v) is 7.60. The van der Waals surface area contributed by atoms with Crippen LogP contribution in [0.5, 0.6) is 5.75 Å². The van der Waals surface area contributed by atoms with Crippen molar-refractivity contribution in [2.75, 3.05) is 26.8 Å². The molecule has 0 bridgehead atoms. The van der Waals surface area contributed by atoms with E-state index in [2.05, 4.69) is 44.1 Å². The zero-order chi connectivity index (χ0) is 21.0. The summed E-state index contributed by atoms with van der Waals surface area (Å²) in [6.07, 6.45) is 5.22. The SMILES string of the molecule is COc1ccc(-c2nccnc2C2CN(Cc3ccnc4ccccc34)CCO2)cc1. The molecule has 31 heavy (non-hydrogen) atoms. The molecule has 0 N–H and O–H groups in total. The lowest BCUT2D eigenvalue weighted by molar-refractivity contribution is -0.0347. The van der Waals surface area contributed by atoms with Gasteiger partial charge in [0, 0.05) is 49.2 Å². The van der Waals surface area contributed by atoms with Crippen LogP contribution < -0.4 is 4.74 Å². The van der Waals surface area contributed by atoms with Crippen LogP contribution in [-0.4, -0.2) is 46.7 Å². The van der Waals surface area contributed by atoms with Crippen LogP contribution in [0.2, 0.25) is 0 Å². The number of pyridine rings is 1. The van der Waals surface area contributed by atoms with E-state index in [-0.39, 0.29) is 6.10 Å². The van der Waals surface area contributed by atoms with Crippen LogP contribution in [0.4, 0.5) is 0 Å². The van der Waals surface area contributed by atoms with Crippen molar-refractivity contribution in [3.05, 3.63) is 84.4 Å². The van der Waals surface area contributed by atoms with Crippen LogP contribution in [-0.2, 0) is 11.3 Å². The highest BCUT2D eigenvalue weighted by atomic mass is 16.5. The second-order valence-electron chi connectivity index (χ2n) is 7.60. The fourth-order valence-electron chi connectivity index (χ4n) is 4.10. The van der Waals surface area contributed by atoms with Gasteiger partial charge in [-0.15, -0.1) is 0 Å². The normalized spacial score (nSPS) is 17.0. The number of methoxy groups -OCH3 is 1. The number of nitrogens with zero attached hydrogens (tertiary/aromatic N) is 4. The highest BCUT2D eigenvalue weighted by Gasteiger charge is 2.26. The van der Waals surface area contributed by atoms with Gasteiger partial charge in [0.1, 0.15) is 11.9 Å². The second kappa shape index (κ2) is 8.79. The van der Waals surface area contributed by atoms with Crippen LogP contribution in [0.15, 0.2) is 73.2 Å². The molecule has 0 radical (unpaired) electrons. The maximum atomic E-state index is 6.15. The van der Waals surface area contributed by atoms with E-state index in [4.69, 9.17) is 9.47 Å². The molecule has 1 fully saturated rings. The first-order valence-electron chi connectivity index (χ1n) is 10.4. The molecular formula is C25H24N4O2. The lowest BCUT2D eigenvalue weighted by Crippen LogP contribution is -2.38. The van der Waals surface area contributed by atoms with Crippen LogP contribution in [0.25, 0.3) is 22.2 Å². The van der Waals surface area contributed by atoms with Gasteiger partial charge in [0.2, 0.25) is 0 Å². The molecular weight excluding hydrogens is 388 g/mol. The molecule has 4 aromatic rings. The van der Waals surface area contributed by atoms with E-state index in [0.717, 1.165) is 47.9 Å². The van der Waals surface area contributed by atoms with Gasteiger partial charge in [-0.25, -0.2) is 0 Å². The van der Waals surface area contributed by atoms with E-state index in [0.29, 0.717) is 6.61 Å². The number of benzene rings is 2. The Kier molecular flexibility index (Phi) is 5.56. The first-order valence-corrected chi connectivity index (χ1v) is 10.4. The molecule has 1 unspecified atom stereocenters. The molecule has 0 saturated carbocycles. The molecule has 6 nitrogen and oxygen atoms in total. The molecule has 5 rings (SSSR count). The van der Waals surface area contributed by atoms with Crippen LogP contribution in [0.3, 0.4) is 0 Å². The largest absolute Gasteiger partial charge is 0.497 e. The van der Waals surface area contributed by atoms with Gasteiger partial charge in [-0.05, 0) is 42.0 Å². The van der Waals surface area contributed by atoms with Crippen molar-refractivity contribution >= 4 is 10.9 Å². The van der Waals surface area contributed by atoms with Gasteiger partial charge in [0.05, 0.1) is 30.6 Å². The Labute approximate surface area is 181 Å². The van der Waals surface area contributed by atoms with Crippen molar-refractivity contribution in [2.45, 2.75) is 12.6 Å². The van der Waals surface area contributed by atoms with Crippen molar-refractivity contribution in [3.8, 4) is 17.0 Å². The average molecular weight is 412 g/mol. The predicted octanol–water partition coefficient (Wildman–Crippen LogP) is 4.27. The van der Waals surface area contributed by atoms with Gasteiger partial charge in [-0.2, -0.15) is 0 Å². The molecule has 0 amide bonds. The maximum absolute atomic E-state index is 6.15. The Morgan fingerprint density at radius 1 is 0.968 bits per heavy atom. The van der Waals surface area contributed by atoms with Crippen molar-refractivity contribution in [3.63, 3.8) is 0 Å². The lowest BCUT2D eigenvalue weighted by Gasteiger charge is -2.33. The third-order valence-corrected chi connectivity index (χ3v) is 5.68. The molecule has 1 aliphatic heterocycles. The summed E-state index contributed by atoms with van der Waals surface area (Å²) in [4.78, 5) is 16.2. The molecule has 3 heterocycles. The van der Waals surface area contributed by atoms with E-state index in [9.17, 15) is 0 Å². The Bertz CT molecular complexity index is 1170. The zero-order valence-electron chi connectivity index (χ0n) is 17.4. The zero-order valence-corrected chi connectivity index (χ0v) is 17.4. The summed E-state index contributed by atoms with van der Waals surface area (Å²) in [6.45, 7) is 3.15. The van der Waals surface area contributed by atoms with Crippen molar-refractivity contribution in [2.24, 2.45) is 0 Å². The van der Waals surface area contributed by atoms with E-state index in [1.54, 1.807) is 19.5 Å². The van der Waals surface area contributed by atoms with Gasteiger partial charge in [0.15, 0.2) is 0 Å². The van der Waals surface area contributed by atoms with Crippen molar-refractivity contribution < 1.29 is 9.47 Å². The third kappa shape index (κ3) is 4.13. The molecule has 2 aromatic carbocycles. The smallest absolute Gasteiger partial charge is 0.118 e. The van der Waals surface area contributed by atoms with Crippen molar-refractivity contribution in [1.82, 2.24) is 19.9 Å². The Morgan fingerprint density at radius 2 is 1.81 bits per heavy atom. The third-order valence-electron chi connectivity index (χ3n) is 5.68. The number of morpholine rings is 1. The topological polar surface area (TPSA) is 60.4 Å². The Hall–Kier alpha value is -3.35. The summed E-state index contributed by atoms with van der Waals surface area (Å²) >= 11 is 0. The molecule has 2 aromatic heterocycles. The van der Waals surface area contributed by atoms with Crippen molar-refractivity contribution in [1.29, 1.82) is 0 Å². The van der Waals surface area contributed by atoms with E-state index < -0.39 is 0 Å². The Balaban J connectivity index is 1.39. The van der Waals surface area contributed by atoms with Gasteiger partial charge in [-0.1, -0.05) is 18.2 Å². The lowest BCUT2D eigenvalue weighted by atomic mass is 10.0.